The van der Waals surface area contributed by atoms with Gasteiger partial charge < -0.3 is 29.2 Å². The lowest BCUT2D eigenvalue weighted by atomic mass is 10.1. The Kier molecular flexibility index (Phi) is 9.68. The van der Waals surface area contributed by atoms with Crippen LogP contribution in [0.3, 0.4) is 0 Å². The van der Waals surface area contributed by atoms with E-state index in [0.29, 0.717) is 18.9 Å². The summed E-state index contributed by atoms with van der Waals surface area (Å²) < 4.78 is 94.0. The molecule has 0 aliphatic heterocycles. The molecular weight excluding hydrogens is 652 g/mol. The maximum Gasteiger partial charge on any atom is 0.433 e. The monoisotopic (exact) mass is 681 g/mol. The van der Waals surface area contributed by atoms with Gasteiger partial charge >= 0.3 is 12.4 Å². The summed E-state index contributed by atoms with van der Waals surface area (Å²) in [7, 11) is 1.15. The van der Waals surface area contributed by atoms with Gasteiger partial charge in [0.15, 0.2) is 11.4 Å². The molecule has 47 heavy (non-hydrogen) atoms. The smallest absolute Gasteiger partial charge is 0.433 e. The molecule has 19 heteroatoms. The molecule has 0 amide bonds. The number of nitrogens with one attached hydrogen (secondary N) is 3. The molecule has 4 aromatic heterocycles. The first-order chi connectivity index (χ1) is 21.8. The first-order valence-electron chi connectivity index (χ1n) is 13.8. The van der Waals surface area contributed by atoms with E-state index in [1.165, 1.54) is 11.6 Å². The Labute approximate surface area is 264 Å². The lowest BCUT2D eigenvalue weighted by Crippen LogP contribution is -2.25. The molecule has 0 aliphatic rings. The van der Waals surface area contributed by atoms with Crippen LogP contribution < -0.4 is 20.9 Å². The molecule has 0 saturated carbocycles. The van der Waals surface area contributed by atoms with Crippen LogP contribution in [0.5, 0.6) is 11.5 Å². The van der Waals surface area contributed by atoms with E-state index >= 15 is 0 Å². The van der Waals surface area contributed by atoms with E-state index in [1.54, 1.807) is 0 Å². The third-order valence-corrected chi connectivity index (χ3v) is 8.42. The van der Waals surface area contributed by atoms with E-state index in [4.69, 9.17) is 14.9 Å². The SMILES string of the molecule is Cn1cc(C(F)(F)F)cc(Nc2nc3ncc(Oc4cnc(NCOCC[Si](C)(C)C)c(C(=N)C(F)(F)F)c4)c(C#N)c3n2C)c1=O. The average molecular weight is 682 g/mol. The minimum absolute atomic E-state index is 0.0428. The highest BCUT2D eigenvalue weighted by molar-refractivity contribution is 6.76. The van der Waals surface area contributed by atoms with Gasteiger partial charge in [-0.15, -0.1) is 0 Å². The first kappa shape index (κ1) is 34.9. The summed E-state index contributed by atoms with van der Waals surface area (Å²) in [6, 6.07) is 4.29. The van der Waals surface area contributed by atoms with Crippen LogP contribution in [0.15, 0.2) is 35.5 Å². The summed E-state index contributed by atoms with van der Waals surface area (Å²) in [6.45, 7) is 6.67. The zero-order valence-electron chi connectivity index (χ0n) is 25.7. The molecule has 0 fully saturated rings. The van der Waals surface area contributed by atoms with Gasteiger partial charge in [0.05, 0.1) is 23.5 Å². The number of alkyl halides is 6. The summed E-state index contributed by atoms with van der Waals surface area (Å²) in [5.41, 5.74) is -4.84. The molecule has 3 N–H and O–H groups in total. The molecule has 12 nitrogen and oxygen atoms in total. The van der Waals surface area contributed by atoms with Gasteiger partial charge in [0.2, 0.25) is 5.95 Å². The quantitative estimate of drug-likeness (QED) is 0.0556. The molecule has 0 radical (unpaired) electrons. The maximum atomic E-state index is 13.6. The second-order valence-corrected chi connectivity index (χ2v) is 17.2. The van der Waals surface area contributed by atoms with Crippen molar-refractivity contribution in [3.05, 3.63) is 57.8 Å². The average Bonchev–Trinajstić information content (AvgIpc) is 3.28. The number of hydrogen-bond acceptors (Lipinski definition) is 10. The predicted molar refractivity (Wildman–Crippen MR) is 163 cm³/mol. The van der Waals surface area contributed by atoms with Gasteiger partial charge in [0.25, 0.3) is 5.56 Å². The van der Waals surface area contributed by atoms with E-state index < -0.39 is 48.5 Å². The van der Waals surface area contributed by atoms with Crippen LogP contribution in [0.1, 0.15) is 16.7 Å². The highest BCUT2D eigenvalue weighted by atomic mass is 28.3. The van der Waals surface area contributed by atoms with Crippen molar-refractivity contribution in [1.82, 2.24) is 24.1 Å². The predicted octanol–water partition coefficient (Wildman–Crippen LogP) is 6.14. The number of pyridine rings is 3. The van der Waals surface area contributed by atoms with Gasteiger partial charge in [-0.1, -0.05) is 19.6 Å². The van der Waals surface area contributed by atoms with Crippen LogP contribution in [0.2, 0.25) is 25.7 Å². The van der Waals surface area contributed by atoms with Crippen LogP contribution >= 0.6 is 0 Å². The van der Waals surface area contributed by atoms with Gasteiger partial charge in [0.1, 0.15) is 46.8 Å². The Morgan fingerprint density at radius 3 is 2.43 bits per heavy atom. The van der Waals surface area contributed by atoms with Gasteiger partial charge in [0, 0.05) is 35.0 Å². The molecule has 0 bridgehead atoms. The molecule has 0 saturated heterocycles. The number of rotatable bonds is 11. The standard InChI is InChI=1S/C28H29F6N9O3Si/c1-42-13-15(27(29,30)31)8-19(25(42)44)40-26-41-24-21(43(26)2)18(10-35)20(12-38-24)46-16-9-17(22(36)28(32,33)34)23(37-11-16)39-14-45-6-7-47(3,4)5/h8-9,11-13,36H,6-7,14H2,1-5H3,(H,37,39)(H,38,40,41). The number of nitriles is 1. The molecule has 250 valence electrons. The fourth-order valence-corrected chi connectivity index (χ4v) is 4.97. The van der Waals surface area contributed by atoms with E-state index in [-0.39, 0.29) is 46.7 Å². The van der Waals surface area contributed by atoms with Crippen LogP contribution in [-0.2, 0) is 25.0 Å². The topological polar surface area (TPSA) is 156 Å². The van der Waals surface area contributed by atoms with E-state index in [1.807, 2.05) is 6.07 Å². The van der Waals surface area contributed by atoms with E-state index in [2.05, 4.69) is 45.2 Å². The lowest BCUT2D eigenvalue weighted by Gasteiger charge is -2.17. The molecule has 0 spiro atoms. The molecule has 0 aromatic carbocycles. The molecule has 4 aromatic rings. The molecule has 0 aliphatic carbocycles. The first-order valence-corrected chi connectivity index (χ1v) is 17.5. The number of nitrogens with zero attached hydrogens (tertiary/aromatic N) is 6. The Morgan fingerprint density at radius 2 is 1.81 bits per heavy atom. The Bertz CT molecular complexity index is 1920. The molecule has 4 rings (SSSR count). The van der Waals surface area contributed by atoms with Crippen LogP contribution in [0.4, 0.5) is 43.8 Å². The molecular formula is C28H29F6N9O3Si. The summed E-state index contributed by atoms with van der Waals surface area (Å²) in [5.74, 6) is -0.886. The second-order valence-electron chi connectivity index (χ2n) is 11.5. The van der Waals surface area contributed by atoms with Crippen molar-refractivity contribution in [2.45, 2.75) is 38.0 Å². The minimum atomic E-state index is -5.02. The molecule has 0 unspecified atom stereocenters. The Morgan fingerprint density at radius 1 is 1.11 bits per heavy atom. The van der Waals surface area contributed by atoms with Gasteiger partial charge in [-0.05, 0) is 18.2 Å². The highest BCUT2D eigenvalue weighted by Gasteiger charge is 2.37. The van der Waals surface area contributed by atoms with Crippen molar-refractivity contribution in [3.63, 3.8) is 0 Å². The zero-order chi connectivity index (χ0) is 34.9. The van der Waals surface area contributed by atoms with Crippen molar-refractivity contribution in [2.75, 3.05) is 24.0 Å². The minimum Gasteiger partial charge on any atom is -0.453 e. The Hall–Kier alpha value is -4.96. The maximum absolute atomic E-state index is 13.6. The summed E-state index contributed by atoms with van der Waals surface area (Å²) in [4.78, 5) is 24.8. The summed E-state index contributed by atoms with van der Waals surface area (Å²) >= 11 is 0. The number of aromatic nitrogens is 5. The fraction of sp³-hybridized carbons (Fsp3) is 0.357. The number of ether oxygens (including phenoxy) is 2. The summed E-state index contributed by atoms with van der Waals surface area (Å²) in [5, 5.41) is 22.9. The number of anilines is 3. The number of aryl methyl sites for hydroxylation is 2. The van der Waals surface area contributed by atoms with Gasteiger partial charge in [-0.25, -0.2) is 9.97 Å². The zero-order valence-corrected chi connectivity index (χ0v) is 26.7. The van der Waals surface area contributed by atoms with Crippen molar-refractivity contribution >= 4 is 42.4 Å². The van der Waals surface area contributed by atoms with Crippen molar-refractivity contribution in [1.29, 1.82) is 10.7 Å². The van der Waals surface area contributed by atoms with Crippen molar-refractivity contribution in [2.24, 2.45) is 14.1 Å². The fourth-order valence-electron chi connectivity index (χ4n) is 4.21. The number of hydrogen-bond donors (Lipinski definition) is 3. The summed E-state index contributed by atoms with van der Waals surface area (Å²) in [6.07, 6.45) is -6.95. The van der Waals surface area contributed by atoms with Crippen LogP contribution in [0.25, 0.3) is 11.2 Å². The van der Waals surface area contributed by atoms with Gasteiger partial charge in [-0.3, -0.25) is 10.2 Å². The van der Waals surface area contributed by atoms with Crippen LogP contribution in [0, 0.1) is 16.7 Å². The van der Waals surface area contributed by atoms with Crippen molar-refractivity contribution < 1.29 is 35.8 Å². The lowest BCUT2D eigenvalue weighted by molar-refractivity contribution is -0.138. The normalized spacial score (nSPS) is 12.2. The number of halogens is 6. The van der Waals surface area contributed by atoms with Gasteiger partial charge in [-0.2, -0.15) is 36.6 Å². The number of fused-ring (bicyclic) bond motifs is 1. The Balaban J connectivity index is 1.66. The van der Waals surface area contributed by atoms with Crippen molar-refractivity contribution in [3.8, 4) is 17.6 Å². The third-order valence-electron chi connectivity index (χ3n) is 6.71. The second kappa shape index (κ2) is 13.0. The van der Waals surface area contributed by atoms with Crippen LogP contribution in [-0.4, -0.2) is 57.4 Å². The molecule has 4 heterocycles. The third kappa shape index (κ3) is 8.07. The molecule has 0 atom stereocenters. The van der Waals surface area contributed by atoms with E-state index in [9.17, 15) is 36.4 Å². The largest absolute Gasteiger partial charge is 0.453 e. The van der Waals surface area contributed by atoms with E-state index in [0.717, 1.165) is 36.1 Å². The number of imidazole rings is 1. The highest BCUT2D eigenvalue weighted by Crippen LogP contribution is 2.34.